The number of rotatable bonds is 8. The van der Waals surface area contributed by atoms with Crippen LogP contribution in [0, 0.1) is 6.92 Å². The maximum absolute atomic E-state index is 11.6. The lowest BCUT2D eigenvalue weighted by Crippen LogP contribution is -2.05. The van der Waals surface area contributed by atoms with Crippen molar-refractivity contribution in [3.63, 3.8) is 0 Å². The van der Waals surface area contributed by atoms with E-state index in [-0.39, 0.29) is 23.6 Å². The quantitative estimate of drug-likeness (QED) is 0.361. The molecule has 9 nitrogen and oxygen atoms in total. The monoisotopic (exact) mass is 432 g/mol. The minimum atomic E-state index is -0.536. The molecule has 0 bridgehead atoms. The number of ether oxygens (including phenoxy) is 4. The van der Waals surface area contributed by atoms with Gasteiger partial charge in [0, 0.05) is 30.4 Å². The van der Waals surface area contributed by atoms with Crippen LogP contribution in [-0.2, 0) is 16.1 Å². The van der Waals surface area contributed by atoms with Crippen LogP contribution in [0.2, 0.25) is 0 Å². The molecule has 0 saturated heterocycles. The first-order valence-corrected chi connectivity index (χ1v) is 9.12. The second-order valence-corrected chi connectivity index (χ2v) is 6.23. The van der Waals surface area contributed by atoms with E-state index in [0.29, 0.717) is 28.5 Å². The maximum Gasteiger partial charge on any atom is 0.333 e. The molecule has 0 fully saturated rings. The van der Waals surface area contributed by atoms with Gasteiger partial charge in [0.25, 0.3) is 0 Å². The Bertz CT molecular complexity index is 930. The van der Waals surface area contributed by atoms with E-state index in [2.05, 4.69) is 16.8 Å². The topological polar surface area (TPSA) is 119 Å². The van der Waals surface area contributed by atoms with Gasteiger partial charge in [-0.2, -0.15) is 5.11 Å². The predicted molar refractivity (Wildman–Crippen MR) is 116 cm³/mol. The molecule has 0 atom stereocenters. The van der Waals surface area contributed by atoms with Crippen molar-refractivity contribution in [1.82, 2.24) is 0 Å². The van der Waals surface area contributed by atoms with Crippen LogP contribution < -0.4 is 14.2 Å². The van der Waals surface area contributed by atoms with E-state index in [1.165, 1.54) is 21.3 Å². The van der Waals surface area contributed by atoms with Crippen LogP contribution in [0.1, 0.15) is 18.1 Å². The highest BCUT2D eigenvalue weighted by molar-refractivity contribution is 5.87. The van der Waals surface area contributed by atoms with Crippen molar-refractivity contribution in [3.05, 3.63) is 47.5 Å². The third-order valence-electron chi connectivity index (χ3n) is 3.94. The van der Waals surface area contributed by atoms with Gasteiger partial charge in [-0.3, -0.25) is 0 Å². The summed E-state index contributed by atoms with van der Waals surface area (Å²) in [6, 6.07) is 6.64. The molecule has 9 heteroatoms. The molecule has 2 N–H and O–H groups in total. The highest BCUT2D eigenvalue weighted by atomic mass is 16.5. The number of aryl methyl sites for hydroxylation is 1. The first kappa shape index (κ1) is 25.4. The molecule has 0 aromatic heterocycles. The van der Waals surface area contributed by atoms with Crippen LogP contribution in [0.3, 0.4) is 0 Å². The van der Waals surface area contributed by atoms with Crippen LogP contribution in [0.15, 0.2) is 46.6 Å². The molecule has 0 aliphatic rings. The summed E-state index contributed by atoms with van der Waals surface area (Å²) in [6.07, 6.45) is 0. The van der Waals surface area contributed by atoms with Crippen molar-refractivity contribution in [2.24, 2.45) is 10.2 Å². The second kappa shape index (κ2) is 12.2. The molecular weight excluding hydrogens is 404 g/mol. The molecule has 0 aliphatic heterocycles. The number of aliphatic hydroxyl groups is 1. The number of hydrogen-bond acceptors (Lipinski definition) is 9. The molecule has 0 aliphatic carbocycles. The Morgan fingerprint density at radius 1 is 1.00 bits per heavy atom. The van der Waals surface area contributed by atoms with Gasteiger partial charge in [0.15, 0.2) is 11.5 Å². The number of esters is 1. The van der Waals surface area contributed by atoms with Gasteiger partial charge in [-0.25, -0.2) is 4.79 Å². The minimum absolute atomic E-state index is 0.105. The van der Waals surface area contributed by atoms with Crippen molar-refractivity contribution in [2.75, 3.05) is 28.4 Å². The number of azo groups is 1. The summed E-state index contributed by atoms with van der Waals surface area (Å²) in [6.45, 7) is 6.81. The molecule has 0 amide bonds. The third kappa shape index (κ3) is 6.71. The Balaban J connectivity index is 0.00000233. The number of methoxy groups -OCH3 is 3. The maximum atomic E-state index is 11.6. The number of hydrogen-bond donors (Lipinski definition) is 2. The Morgan fingerprint density at radius 2 is 1.58 bits per heavy atom. The number of benzene rings is 2. The van der Waals surface area contributed by atoms with E-state index >= 15 is 0 Å². The van der Waals surface area contributed by atoms with Gasteiger partial charge in [-0.1, -0.05) is 6.58 Å². The molecule has 0 saturated carbocycles. The van der Waals surface area contributed by atoms with E-state index in [4.69, 9.17) is 24.1 Å². The molecule has 2 aromatic rings. The lowest BCUT2D eigenvalue weighted by Gasteiger charge is -2.12. The first-order valence-electron chi connectivity index (χ1n) is 9.12. The van der Waals surface area contributed by atoms with Crippen molar-refractivity contribution in [1.29, 1.82) is 0 Å². The largest absolute Gasteiger partial charge is 0.505 e. The van der Waals surface area contributed by atoms with Gasteiger partial charge >= 0.3 is 5.97 Å². The Hall–Kier alpha value is -3.59. The van der Waals surface area contributed by atoms with Crippen molar-refractivity contribution < 1.29 is 34.0 Å². The smallest absolute Gasteiger partial charge is 0.333 e. The fourth-order valence-corrected chi connectivity index (χ4v) is 2.52. The Kier molecular flexibility index (Phi) is 10.0. The Morgan fingerprint density at radius 3 is 2.06 bits per heavy atom. The van der Waals surface area contributed by atoms with E-state index in [1.807, 2.05) is 6.92 Å². The molecule has 0 radical (unpaired) electrons. The molecule has 0 unspecified atom stereocenters. The summed E-state index contributed by atoms with van der Waals surface area (Å²) in [5.74, 6) is 0.644. The fraction of sp³-hybridized carbons (Fsp3) is 0.318. The van der Waals surface area contributed by atoms with E-state index in [1.54, 1.807) is 31.2 Å². The molecule has 0 spiro atoms. The number of carbonyl (C=O) groups excluding carboxylic acids is 1. The van der Waals surface area contributed by atoms with Crippen LogP contribution in [0.4, 0.5) is 11.4 Å². The van der Waals surface area contributed by atoms with Crippen molar-refractivity contribution >= 4 is 17.3 Å². The van der Waals surface area contributed by atoms with E-state index in [0.717, 1.165) is 12.7 Å². The fourth-order valence-electron chi connectivity index (χ4n) is 2.52. The average Bonchev–Trinajstić information content (AvgIpc) is 2.78. The number of phenolic OH excluding ortho intramolecular Hbond substituents is 1. The van der Waals surface area contributed by atoms with Crippen molar-refractivity contribution in [2.45, 2.75) is 20.5 Å². The summed E-state index contributed by atoms with van der Waals surface area (Å²) in [7, 11) is 5.51. The molecule has 31 heavy (non-hydrogen) atoms. The standard InChI is InChI=1S/C21H24N2O6.CH4O/c1-12(2)21(25)29-11-14-7-13(3)8-16(19(14)24)23-22-15-9-17(26-4)20(28-6)18(10-15)27-5;1-2/h7-10,24H,1,11H2,2-6H3;2H,1H3. The summed E-state index contributed by atoms with van der Waals surface area (Å²) in [4.78, 5) is 11.6. The van der Waals surface area contributed by atoms with Crippen LogP contribution in [0.25, 0.3) is 0 Å². The average molecular weight is 432 g/mol. The zero-order valence-corrected chi connectivity index (χ0v) is 18.6. The third-order valence-corrected chi connectivity index (χ3v) is 3.94. The second-order valence-electron chi connectivity index (χ2n) is 6.23. The predicted octanol–water partition coefficient (Wildman–Crippen LogP) is 4.37. The number of phenols is 1. The minimum Gasteiger partial charge on any atom is -0.505 e. The number of aliphatic hydroxyl groups excluding tert-OH is 1. The molecular formula is C22H28N2O7. The molecule has 2 rings (SSSR count). The number of aromatic hydroxyl groups is 1. The summed E-state index contributed by atoms with van der Waals surface area (Å²) in [5, 5.41) is 25.8. The summed E-state index contributed by atoms with van der Waals surface area (Å²) >= 11 is 0. The van der Waals surface area contributed by atoms with E-state index < -0.39 is 5.97 Å². The summed E-state index contributed by atoms with van der Waals surface area (Å²) < 4.78 is 21.0. The number of carbonyl (C=O) groups is 1. The highest BCUT2D eigenvalue weighted by Gasteiger charge is 2.14. The van der Waals surface area contributed by atoms with Gasteiger partial charge in [0.05, 0.1) is 27.0 Å². The van der Waals surface area contributed by atoms with Gasteiger partial charge < -0.3 is 29.2 Å². The first-order chi connectivity index (χ1) is 14.8. The highest BCUT2D eigenvalue weighted by Crippen LogP contribution is 2.41. The lowest BCUT2D eigenvalue weighted by atomic mass is 10.1. The zero-order chi connectivity index (χ0) is 23.6. The van der Waals surface area contributed by atoms with Gasteiger partial charge in [-0.15, -0.1) is 5.11 Å². The summed E-state index contributed by atoms with van der Waals surface area (Å²) in [5.41, 5.74) is 2.19. The lowest BCUT2D eigenvalue weighted by molar-refractivity contribution is -0.140. The van der Waals surface area contributed by atoms with Crippen molar-refractivity contribution in [3.8, 4) is 23.0 Å². The molecule has 2 aromatic carbocycles. The number of nitrogens with zero attached hydrogens (tertiary/aromatic N) is 2. The van der Waals surface area contributed by atoms with Gasteiger partial charge in [-0.05, 0) is 31.5 Å². The molecule has 168 valence electrons. The van der Waals surface area contributed by atoms with Crippen LogP contribution in [-0.4, -0.2) is 44.6 Å². The van der Waals surface area contributed by atoms with Gasteiger partial charge in [0.2, 0.25) is 5.75 Å². The SMILES string of the molecule is C=C(C)C(=O)OCc1cc(C)cc(N=Nc2cc(OC)c(OC)c(OC)c2)c1O.CO. The van der Waals surface area contributed by atoms with E-state index in [9.17, 15) is 9.90 Å². The van der Waals surface area contributed by atoms with Crippen LogP contribution in [0.5, 0.6) is 23.0 Å². The zero-order valence-electron chi connectivity index (χ0n) is 18.6. The van der Waals surface area contributed by atoms with Gasteiger partial charge in [0.1, 0.15) is 18.0 Å². The van der Waals surface area contributed by atoms with Crippen LogP contribution >= 0.6 is 0 Å². The molecule has 0 heterocycles. The Labute approximate surface area is 181 Å². The normalized spacial score (nSPS) is 10.2.